The molecule has 0 aliphatic carbocycles. The molecule has 0 saturated heterocycles. The Kier molecular flexibility index (Phi) is 5.26. The van der Waals surface area contributed by atoms with E-state index in [9.17, 15) is 31.1 Å². The van der Waals surface area contributed by atoms with E-state index in [0.717, 1.165) is 16.9 Å². The Morgan fingerprint density at radius 1 is 1.13 bits per heavy atom. The minimum atomic E-state index is -4.72. The topological polar surface area (TPSA) is 98.7 Å². The van der Waals surface area contributed by atoms with E-state index >= 15 is 0 Å². The van der Waals surface area contributed by atoms with Gasteiger partial charge in [-0.05, 0) is 19.1 Å². The molecule has 0 spiro atoms. The molecule has 8 nitrogen and oxygen atoms in total. The van der Waals surface area contributed by atoms with Gasteiger partial charge in [0.2, 0.25) is 11.7 Å². The number of alkyl halides is 6. The summed E-state index contributed by atoms with van der Waals surface area (Å²) in [5.74, 6) is -1.24. The first-order valence-corrected chi connectivity index (χ1v) is 8.15. The number of halogens is 6. The zero-order valence-corrected chi connectivity index (χ0v) is 15.2. The van der Waals surface area contributed by atoms with Gasteiger partial charge < -0.3 is 9.84 Å². The fourth-order valence-corrected chi connectivity index (χ4v) is 2.40. The average Bonchev–Trinajstić information content (AvgIpc) is 3.28. The lowest BCUT2D eigenvalue weighted by atomic mass is 10.2. The molecule has 3 rings (SSSR count). The second kappa shape index (κ2) is 7.42. The summed E-state index contributed by atoms with van der Waals surface area (Å²) < 4.78 is 82.2. The summed E-state index contributed by atoms with van der Waals surface area (Å²) in [6, 6.07) is 1.59. The number of nitrogens with one attached hydrogen (secondary N) is 1. The molecular formula is C16H12F6N6O2. The van der Waals surface area contributed by atoms with Crippen LogP contribution in [0.1, 0.15) is 40.7 Å². The predicted molar refractivity (Wildman–Crippen MR) is 86.6 cm³/mol. The second-order valence-corrected chi connectivity index (χ2v) is 6.12. The third-order valence-electron chi connectivity index (χ3n) is 3.87. The maximum atomic E-state index is 12.8. The number of hydrogen-bond acceptors (Lipinski definition) is 6. The molecule has 14 heteroatoms. The molecule has 1 unspecified atom stereocenters. The van der Waals surface area contributed by atoms with Crippen molar-refractivity contribution in [2.45, 2.75) is 25.3 Å². The number of carbonyl (C=O) groups excluding carboxylic acids is 1. The molecule has 0 aliphatic rings. The number of aryl methyl sites for hydroxylation is 1. The maximum Gasteiger partial charge on any atom is 0.435 e. The lowest BCUT2D eigenvalue weighted by molar-refractivity contribution is -0.142. The Morgan fingerprint density at radius 2 is 1.80 bits per heavy atom. The molecule has 0 radical (unpaired) electrons. The van der Waals surface area contributed by atoms with Gasteiger partial charge in [0.05, 0.1) is 0 Å². The van der Waals surface area contributed by atoms with Crippen LogP contribution in [-0.4, -0.2) is 30.8 Å². The fourth-order valence-electron chi connectivity index (χ4n) is 2.40. The van der Waals surface area contributed by atoms with Crippen LogP contribution >= 0.6 is 0 Å². The van der Waals surface area contributed by atoms with Crippen LogP contribution < -0.4 is 5.32 Å². The molecule has 0 fully saturated rings. The average molecular weight is 434 g/mol. The highest BCUT2D eigenvalue weighted by Crippen LogP contribution is 2.30. The number of aromatic nitrogens is 5. The van der Waals surface area contributed by atoms with Crippen LogP contribution in [0.25, 0.3) is 11.4 Å². The van der Waals surface area contributed by atoms with Gasteiger partial charge in [-0.15, -0.1) is 0 Å². The number of rotatable bonds is 4. The Labute approximate surface area is 163 Å². The molecule has 0 saturated carbocycles. The highest BCUT2D eigenvalue weighted by Gasteiger charge is 2.36. The van der Waals surface area contributed by atoms with E-state index in [1.807, 2.05) is 0 Å². The first-order chi connectivity index (χ1) is 13.9. The number of pyridine rings is 1. The summed E-state index contributed by atoms with van der Waals surface area (Å²) in [5.41, 5.74) is -2.77. The highest BCUT2D eigenvalue weighted by molar-refractivity contribution is 5.92. The second-order valence-electron chi connectivity index (χ2n) is 6.12. The molecule has 3 heterocycles. The van der Waals surface area contributed by atoms with Gasteiger partial charge in [0.15, 0.2) is 5.69 Å². The van der Waals surface area contributed by atoms with Gasteiger partial charge in [0.25, 0.3) is 5.91 Å². The third-order valence-corrected chi connectivity index (χ3v) is 3.87. The van der Waals surface area contributed by atoms with Crippen LogP contribution in [0, 0.1) is 0 Å². The van der Waals surface area contributed by atoms with Crippen LogP contribution in [-0.2, 0) is 19.4 Å². The molecule has 1 amide bonds. The smallest absolute Gasteiger partial charge is 0.339 e. The lowest BCUT2D eigenvalue weighted by Crippen LogP contribution is -2.28. The zero-order chi connectivity index (χ0) is 22.3. The van der Waals surface area contributed by atoms with Gasteiger partial charge in [0, 0.05) is 24.9 Å². The van der Waals surface area contributed by atoms with Crippen molar-refractivity contribution in [2.75, 3.05) is 0 Å². The summed E-state index contributed by atoms with van der Waals surface area (Å²) in [7, 11) is 1.17. The number of nitrogens with zero attached hydrogens (tertiary/aromatic N) is 5. The van der Waals surface area contributed by atoms with E-state index in [2.05, 4.69) is 25.5 Å². The van der Waals surface area contributed by atoms with Crippen molar-refractivity contribution in [3.63, 3.8) is 0 Å². The zero-order valence-electron chi connectivity index (χ0n) is 15.2. The van der Waals surface area contributed by atoms with Crippen molar-refractivity contribution < 1.29 is 35.7 Å². The van der Waals surface area contributed by atoms with E-state index in [-0.39, 0.29) is 23.0 Å². The van der Waals surface area contributed by atoms with Crippen molar-refractivity contribution in [1.82, 2.24) is 30.2 Å². The van der Waals surface area contributed by atoms with Crippen molar-refractivity contribution in [3.8, 4) is 11.4 Å². The lowest BCUT2D eigenvalue weighted by Gasteiger charge is -2.09. The van der Waals surface area contributed by atoms with E-state index in [1.54, 1.807) is 0 Å². The van der Waals surface area contributed by atoms with Crippen LogP contribution in [0.3, 0.4) is 0 Å². The number of carbonyl (C=O) groups is 1. The molecule has 3 aromatic heterocycles. The van der Waals surface area contributed by atoms with Gasteiger partial charge >= 0.3 is 12.4 Å². The molecule has 0 bridgehead atoms. The SMILES string of the molecule is CC(NC(=O)c1cc(C(F)(F)F)nn1C)c1nc(-c2ccnc(C(F)(F)F)c2)no1. The van der Waals surface area contributed by atoms with Gasteiger partial charge in [-0.25, -0.2) is 0 Å². The van der Waals surface area contributed by atoms with Crippen molar-refractivity contribution in [2.24, 2.45) is 7.05 Å². The summed E-state index contributed by atoms with van der Waals surface area (Å²) in [4.78, 5) is 19.4. The predicted octanol–water partition coefficient (Wildman–Crippen LogP) is 3.39. The van der Waals surface area contributed by atoms with Crippen LogP contribution in [0.15, 0.2) is 28.9 Å². The monoisotopic (exact) mass is 434 g/mol. The molecular weight excluding hydrogens is 422 g/mol. The first-order valence-electron chi connectivity index (χ1n) is 8.15. The van der Waals surface area contributed by atoms with Crippen LogP contribution in [0.2, 0.25) is 0 Å². The molecule has 0 aliphatic heterocycles. The number of amides is 1. The molecule has 3 aromatic rings. The van der Waals surface area contributed by atoms with Gasteiger partial charge in [-0.2, -0.15) is 36.4 Å². The summed E-state index contributed by atoms with van der Waals surface area (Å²) in [6.07, 6.45) is -8.45. The molecule has 1 atom stereocenters. The Hall–Kier alpha value is -3.45. The van der Waals surface area contributed by atoms with Crippen LogP contribution in [0.4, 0.5) is 26.3 Å². The van der Waals surface area contributed by atoms with Crippen molar-refractivity contribution in [3.05, 3.63) is 47.4 Å². The van der Waals surface area contributed by atoms with E-state index < -0.39 is 35.7 Å². The fraction of sp³-hybridized carbons (Fsp3) is 0.312. The maximum absolute atomic E-state index is 12.8. The van der Waals surface area contributed by atoms with Crippen molar-refractivity contribution in [1.29, 1.82) is 0 Å². The standard InChI is InChI=1S/C16H12F6N6O2/c1-7(24-13(29)9-6-11(16(20,21)22)26-28(9)2)14-25-12(27-30-14)8-3-4-23-10(5-8)15(17,18)19/h3-7H,1-2H3,(H,24,29). The Morgan fingerprint density at radius 3 is 2.40 bits per heavy atom. The van der Waals surface area contributed by atoms with Gasteiger partial charge in [-0.3, -0.25) is 14.5 Å². The van der Waals surface area contributed by atoms with E-state index in [4.69, 9.17) is 4.52 Å². The largest absolute Gasteiger partial charge is 0.435 e. The first kappa shape index (κ1) is 21.3. The third kappa shape index (κ3) is 4.41. The van der Waals surface area contributed by atoms with Crippen molar-refractivity contribution >= 4 is 5.91 Å². The molecule has 30 heavy (non-hydrogen) atoms. The molecule has 1 N–H and O–H groups in total. The summed E-state index contributed by atoms with van der Waals surface area (Å²) >= 11 is 0. The summed E-state index contributed by atoms with van der Waals surface area (Å²) in [5, 5.41) is 9.17. The van der Waals surface area contributed by atoms with Gasteiger partial charge in [0.1, 0.15) is 17.4 Å². The Bertz CT molecular complexity index is 1070. The molecule has 0 aromatic carbocycles. The summed E-state index contributed by atoms with van der Waals surface area (Å²) in [6.45, 7) is 1.41. The number of hydrogen-bond donors (Lipinski definition) is 1. The minimum Gasteiger partial charge on any atom is -0.339 e. The van der Waals surface area contributed by atoms with E-state index in [1.165, 1.54) is 20.0 Å². The van der Waals surface area contributed by atoms with E-state index in [0.29, 0.717) is 6.07 Å². The Balaban J connectivity index is 1.77. The van der Waals surface area contributed by atoms with Crippen LogP contribution in [0.5, 0.6) is 0 Å². The molecule has 160 valence electrons. The minimum absolute atomic E-state index is 0.0210. The normalized spacial score (nSPS) is 13.3. The quantitative estimate of drug-likeness (QED) is 0.632. The van der Waals surface area contributed by atoms with Gasteiger partial charge in [-0.1, -0.05) is 5.16 Å². The highest BCUT2D eigenvalue weighted by atomic mass is 19.4.